The first-order chi connectivity index (χ1) is 17.2. The predicted molar refractivity (Wildman–Crippen MR) is 130 cm³/mol. The molecule has 0 unspecified atom stereocenters. The molecule has 0 radical (unpaired) electrons. The van der Waals surface area contributed by atoms with Crippen LogP contribution in [-0.4, -0.2) is 56.0 Å². The summed E-state index contributed by atoms with van der Waals surface area (Å²) in [7, 11) is 3.32. The van der Waals surface area contributed by atoms with Crippen molar-refractivity contribution in [3.63, 3.8) is 0 Å². The number of anilines is 3. The lowest BCUT2D eigenvalue weighted by Crippen LogP contribution is -2.50. The maximum absolute atomic E-state index is 13.7. The second kappa shape index (κ2) is 10.6. The van der Waals surface area contributed by atoms with E-state index in [-0.39, 0.29) is 18.9 Å². The number of carbonyl (C=O) groups is 1. The molecule has 0 bridgehead atoms. The molecule has 4 rings (SSSR count). The van der Waals surface area contributed by atoms with Crippen LogP contribution in [0.15, 0.2) is 48.4 Å². The van der Waals surface area contributed by atoms with Crippen molar-refractivity contribution in [2.24, 2.45) is 7.05 Å². The number of rotatable bonds is 8. The molecule has 188 valence electrons. The van der Waals surface area contributed by atoms with Crippen LogP contribution in [0.2, 0.25) is 0 Å². The smallest absolute Gasteiger partial charge is 0.272 e. The third kappa shape index (κ3) is 5.54. The van der Waals surface area contributed by atoms with Gasteiger partial charge in [-0.25, -0.2) is 13.8 Å². The average Bonchev–Trinajstić information content (AvgIpc) is 3.26. The fourth-order valence-corrected chi connectivity index (χ4v) is 3.82. The van der Waals surface area contributed by atoms with Crippen LogP contribution < -0.4 is 10.6 Å². The molecule has 1 aliphatic heterocycles. The van der Waals surface area contributed by atoms with E-state index in [4.69, 9.17) is 10.1 Å². The van der Waals surface area contributed by atoms with Gasteiger partial charge in [0, 0.05) is 56.5 Å². The SMILES string of the molecule is COC[C@H]1C/C(=C/Nc2nc(Nc3ccn(C)n3)ncc2C)C(=N)C(=O)N1Cc1ccc(F)c(F)c1. The number of nitrogens with one attached hydrogen (secondary N) is 3. The number of hydrogen-bond donors (Lipinski definition) is 3. The zero-order chi connectivity index (χ0) is 25.8. The van der Waals surface area contributed by atoms with Gasteiger partial charge >= 0.3 is 0 Å². The van der Waals surface area contributed by atoms with Crippen LogP contribution in [0.4, 0.5) is 26.4 Å². The lowest BCUT2D eigenvalue weighted by Gasteiger charge is -2.36. The Kier molecular flexibility index (Phi) is 7.34. The van der Waals surface area contributed by atoms with Crippen molar-refractivity contribution in [3.8, 4) is 0 Å². The first-order valence-electron chi connectivity index (χ1n) is 11.1. The molecule has 3 heterocycles. The molecule has 1 atom stereocenters. The van der Waals surface area contributed by atoms with Crippen molar-refractivity contribution in [1.82, 2.24) is 24.6 Å². The Morgan fingerprint density at radius 1 is 1.28 bits per heavy atom. The highest BCUT2D eigenvalue weighted by Crippen LogP contribution is 2.25. The fraction of sp³-hybridized carbons (Fsp3) is 0.292. The summed E-state index contributed by atoms with van der Waals surface area (Å²) < 4.78 is 33.9. The minimum atomic E-state index is -0.989. The lowest BCUT2D eigenvalue weighted by atomic mass is 9.94. The zero-order valence-corrected chi connectivity index (χ0v) is 20.0. The number of halogens is 2. The van der Waals surface area contributed by atoms with Crippen molar-refractivity contribution in [2.45, 2.75) is 25.9 Å². The molecule has 1 aromatic carbocycles. The number of aryl methyl sites for hydroxylation is 2. The topological polar surface area (TPSA) is 121 Å². The summed E-state index contributed by atoms with van der Waals surface area (Å²) in [6.45, 7) is 2.07. The van der Waals surface area contributed by atoms with Crippen LogP contribution in [-0.2, 0) is 23.1 Å². The lowest BCUT2D eigenvalue weighted by molar-refractivity contribution is -0.129. The van der Waals surface area contributed by atoms with Crippen LogP contribution in [0.3, 0.4) is 0 Å². The largest absolute Gasteiger partial charge is 0.383 e. The van der Waals surface area contributed by atoms with E-state index in [1.165, 1.54) is 18.1 Å². The summed E-state index contributed by atoms with van der Waals surface area (Å²) in [6, 6.07) is 4.88. The number of nitrogens with zero attached hydrogens (tertiary/aromatic N) is 5. The molecule has 1 fully saturated rings. The molecule has 2 aromatic heterocycles. The summed E-state index contributed by atoms with van der Waals surface area (Å²) in [5.41, 5.74) is 1.46. The van der Waals surface area contributed by atoms with Gasteiger partial charge in [-0.05, 0) is 31.0 Å². The van der Waals surface area contributed by atoms with E-state index in [9.17, 15) is 13.6 Å². The molecule has 0 aliphatic carbocycles. The highest BCUT2D eigenvalue weighted by molar-refractivity contribution is 6.44. The van der Waals surface area contributed by atoms with Gasteiger partial charge in [0.1, 0.15) is 11.5 Å². The van der Waals surface area contributed by atoms with E-state index in [0.29, 0.717) is 35.1 Å². The zero-order valence-electron chi connectivity index (χ0n) is 20.0. The van der Waals surface area contributed by atoms with Gasteiger partial charge in [-0.3, -0.25) is 14.9 Å². The second-order valence-corrected chi connectivity index (χ2v) is 8.41. The van der Waals surface area contributed by atoms with Crippen LogP contribution >= 0.6 is 0 Å². The van der Waals surface area contributed by atoms with Gasteiger partial charge in [-0.15, -0.1) is 0 Å². The molecule has 0 saturated carbocycles. The van der Waals surface area contributed by atoms with E-state index in [2.05, 4.69) is 25.7 Å². The second-order valence-electron chi connectivity index (χ2n) is 8.41. The standard InChI is InChI=1S/C24H26F2N8O2/c1-14-10-29-24(30-20-6-7-33(2)32-20)31-22(14)28-11-16-9-17(13-36-3)34(23(35)21(16)27)12-15-4-5-18(25)19(26)8-15/h4-8,10-11,17,27H,9,12-13H2,1-3H3,(H2,28,29,30,31,32)/b16-11-,27-21?/t17-/m1/s1. The minimum absolute atomic E-state index is 0.0285. The Hall–Kier alpha value is -4.19. The quantitative estimate of drug-likeness (QED) is 0.438. The van der Waals surface area contributed by atoms with E-state index in [1.807, 2.05) is 6.92 Å². The molecule has 3 aromatic rings. The van der Waals surface area contributed by atoms with Crippen LogP contribution in [0, 0.1) is 24.0 Å². The van der Waals surface area contributed by atoms with Gasteiger partial charge in [0.05, 0.1) is 12.6 Å². The van der Waals surface area contributed by atoms with Gasteiger partial charge in [-0.2, -0.15) is 10.1 Å². The molecule has 3 N–H and O–H groups in total. The summed E-state index contributed by atoms with van der Waals surface area (Å²) in [6.07, 6.45) is 5.35. The Bertz CT molecular complexity index is 1320. The summed E-state index contributed by atoms with van der Waals surface area (Å²) >= 11 is 0. The van der Waals surface area contributed by atoms with Crippen molar-refractivity contribution in [2.75, 3.05) is 24.4 Å². The number of aromatic nitrogens is 4. The maximum atomic E-state index is 13.7. The van der Waals surface area contributed by atoms with E-state index >= 15 is 0 Å². The Morgan fingerprint density at radius 2 is 2.08 bits per heavy atom. The number of ether oxygens (including phenoxy) is 1. The number of piperidine rings is 1. The van der Waals surface area contributed by atoms with Crippen LogP contribution in [0.1, 0.15) is 17.5 Å². The number of likely N-dealkylation sites (tertiary alicyclic amines) is 1. The number of amides is 1. The molecular formula is C24H26F2N8O2. The first-order valence-corrected chi connectivity index (χ1v) is 11.1. The molecule has 0 spiro atoms. The van der Waals surface area contributed by atoms with Gasteiger partial charge in [0.15, 0.2) is 17.5 Å². The maximum Gasteiger partial charge on any atom is 0.272 e. The van der Waals surface area contributed by atoms with Gasteiger partial charge < -0.3 is 20.3 Å². The monoisotopic (exact) mass is 496 g/mol. The molecule has 1 aliphatic rings. The Labute approximate surface area is 206 Å². The van der Waals surface area contributed by atoms with Crippen LogP contribution in [0.5, 0.6) is 0 Å². The van der Waals surface area contributed by atoms with E-state index in [1.54, 1.807) is 36.4 Å². The van der Waals surface area contributed by atoms with Gasteiger partial charge in [-0.1, -0.05) is 6.07 Å². The predicted octanol–water partition coefficient (Wildman–Crippen LogP) is 3.30. The van der Waals surface area contributed by atoms with Gasteiger partial charge in [0.25, 0.3) is 5.91 Å². The molecule has 36 heavy (non-hydrogen) atoms. The van der Waals surface area contributed by atoms with E-state index in [0.717, 1.165) is 17.7 Å². The number of carbonyl (C=O) groups excluding carboxylic acids is 1. The minimum Gasteiger partial charge on any atom is -0.383 e. The molecule has 10 nitrogen and oxygen atoms in total. The third-order valence-electron chi connectivity index (χ3n) is 5.70. The van der Waals surface area contributed by atoms with Crippen molar-refractivity contribution < 1.29 is 18.3 Å². The summed E-state index contributed by atoms with van der Waals surface area (Å²) in [5, 5.41) is 18.8. The van der Waals surface area contributed by atoms with Crippen molar-refractivity contribution in [1.29, 1.82) is 5.41 Å². The number of hydrogen-bond acceptors (Lipinski definition) is 8. The molecule has 1 amide bonds. The molecule has 12 heteroatoms. The molecular weight excluding hydrogens is 470 g/mol. The van der Waals surface area contributed by atoms with Crippen LogP contribution in [0.25, 0.3) is 0 Å². The Balaban J connectivity index is 1.51. The average molecular weight is 497 g/mol. The number of benzene rings is 1. The molecule has 1 saturated heterocycles. The fourth-order valence-electron chi connectivity index (χ4n) is 3.82. The van der Waals surface area contributed by atoms with Crippen molar-refractivity contribution in [3.05, 3.63) is 71.2 Å². The summed E-state index contributed by atoms with van der Waals surface area (Å²) in [4.78, 5) is 23.2. The normalized spacial score (nSPS) is 17.1. The number of methoxy groups -OCH3 is 1. The highest BCUT2D eigenvalue weighted by Gasteiger charge is 2.35. The van der Waals surface area contributed by atoms with Crippen molar-refractivity contribution >= 4 is 29.2 Å². The first kappa shape index (κ1) is 24.9. The summed E-state index contributed by atoms with van der Waals surface area (Å²) in [5.74, 6) is -1.04. The highest BCUT2D eigenvalue weighted by atomic mass is 19.2. The van der Waals surface area contributed by atoms with E-state index < -0.39 is 23.6 Å². The third-order valence-corrected chi connectivity index (χ3v) is 5.70. The van der Waals surface area contributed by atoms with Gasteiger partial charge in [0.2, 0.25) is 5.95 Å². The Morgan fingerprint density at radius 3 is 2.78 bits per heavy atom.